The van der Waals surface area contributed by atoms with Gasteiger partial charge in [0.05, 0.1) is 0 Å². The SMILES string of the molecule is Nc1nc2n(n1)c1nc(N)nn1c1nc(N)nn21. The molecular formula is C6H6N12. The van der Waals surface area contributed by atoms with Crippen LogP contribution in [-0.2, 0) is 0 Å². The van der Waals surface area contributed by atoms with Gasteiger partial charge in [-0.05, 0) is 0 Å². The number of rotatable bonds is 0. The molecule has 4 heterocycles. The molecule has 0 amide bonds. The Morgan fingerprint density at radius 3 is 1.11 bits per heavy atom. The van der Waals surface area contributed by atoms with Gasteiger partial charge in [-0.25, -0.2) is 0 Å². The second-order valence-corrected chi connectivity index (χ2v) is 3.55. The Bertz CT molecular complexity index is 689. The van der Waals surface area contributed by atoms with Crippen molar-refractivity contribution in [2.75, 3.05) is 17.2 Å². The number of nitrogens with zero attached hydrogens (tertiary/aromatic N) is 9. The molecule has 0 aliphatic rings. The van der Waals surface area contributed by atoms with Crippen LogP contribution in [-0.4, -0.2) is 43.8 Å². The third-order valence-electron chi connectivity index (χ3n) is 2.39. The number of hydrogen-bond acceptors (Lipinski definition) is 9. The van der Waals surface area contributed by atoms with Crippen molar-refractivity contribution >= 4 is 35.2 Å². The van der Waals surface area contributed by atoms with Gasteiger partial charge in [0.25, 0.3) is 17.3 Å². The van der Waals surface area contributed by atoms with Crippen molar-refractivity contribution in [3.8, 4) is 0 Å². The van der Waals surface area contributed by atoms with Gasteiger partial charge < -0.3 is 17.2 Å². The minimum Gasteiger partial charge on any atom is -0.366 e. The highest BCUT2D eigenvalue weighted by atomic mass is 15.5. The van der Waals surface area contributed by atoms with Gasteiger partial charge in [0.2, 0.25) is 17.8 Å². The van der Waals surface area contributed by atoms with Gasteiger partial charge in [0.15, 0.2) is 0 Å². The first kappa shape index (κ1) is 8.91. The third kappa shape index (κ3) is 0.892. The average molecular weight is 246 g/mol. The molecular weight excluding hydrogens is 240 g/mol. The van der Waals surface area contributed by atoms with Gasteiger partial charge in [-0.1, -0.05) is 0 Å². The minimum absolute atomic E-state index is 0.0695. The fourth-order valence-corrected chi connectivity index (χ4v) is 1.77. The first-order chi connectivity index (χ1) is 8.63. The van der Waals surface area contributed by atoms with Gasteiger partial charge in [0, 0.05) is 0 Å². The largest absolute Gasteiger partial charge is 0.366 e. The maximum Gasteiger partial charge on any atom is 0.261 e. The molecule has 4 aromatic heterocycles. The van der Waals surface area contributed by atoms with E-state index in [2.05, 4.69) is 30.2 Å². The molecule has 4 rings (SSSR count). The van der Waals surface area contributed by atoms with Gasteiger partial charge in [-0.15, -0.1) is 15.3 Å². The summed E-state index contributed by atoms with van der Waals surface area (Å²) in [4.78, 5) is 12.1. The van der Waals surface area contributed by atoms with Crippen molar-refractivity contribution in [2.24, 2.45) is 0 Å². The van der Waals surface area contributed by atoms with Crippen LogP contribution in [0.25, 0.3) is 17.3 Å². The summed E-state index contributed by atoms with van der Waals surface area (Å²) in [5.74, 6) is 1.19. The lowest BCUT2D eigenvalue weighted by Gasteiger charge is -1.96. The predicted molar refractivity (Wildman–Crippen MR) is 59.3 cm³/mol. The summed E-state index contributed by atoms with van der Waals surface area (Å²) in [6.07, 6.45) is 0. The Morgan fingerprint density at radius 1 is 0.556 bits per heavy atom. The second-order valence-electron chi connectivity index (χ2n) is 3.55. The number of fused-ring (bicyclic) bond motifs is 6. The molecule has 0 saturated heterocycles. The van der Waals surface area contributed by atoms with Crippen LogP contribution in [0.2, 0.25) is 0 Å². The molecule has 0 unspecified atom stereocenters. The summed E-state index contributed by atoms with van der Waals surface area (Å²) >= 11 is 0. The molecule has 6 N–H and O–H groups in total. The van der Waals surface area contributed by atoms with Crippen LogP contribution in [0.5, 0.6) is 0 Å². The molecule has 12 nitrogen and oxygen atoms in total. The van der Waals surface area contributed by atoms with Crippen molar-refractivity contribution in [1.82, 2.24) is 43.8 Å². The molecule has 0 spiro atoms. The highest BCUT2D eigenvalue weighted by Gasteiger charge is 2.17. The van der Waals surface area contributed by atoms with Crippen molar-refractivity contribution in [2.45, 2.75) is 0 Å². The van der Waals surface area contributed by atoms with Crippen molar-refractivity contribution in [3.63, 3.8) is 0 Å². The van der Waals surface area contributed by atoms with Crippen LogP contribution in [0.3, 0.4) is 0 Å². The van der Waals surface area contributed by atoms with E-state index in [1.165, 1.54) is 13.5 Å². The van der Waals surface area contributed by atoms with Crippen LogP contribution in [0.1, 0.15) is 0 Å². The molecule has 0 aliphatic carbocycles. The molecule has 4 aromatic rings. The minimum atomic E-state index is 0.0695. The van der Waals surface area contributed by atoms with Gasteiger partial charge in [-0.2, -0.15) is 28.5 Å². The fourth-order valence-electron chi connectivity index (χ4n) is 1.77. The van der Waals surface area contributed by atoms with E-state index in [0.717, 1.165) is 0 Å². The normalized spacial score (nSPS) is 12.0. The highest BCUT2D eigenvalue weighted by Crippen LogP contribution is 2.12. The Morgan fingerprint density at radius 2 is 0.833 bits per heavy atom. The Balaban J connectivity index is 2.43. The maximum atomic E-state index is 5.56. The zero-order valence-corrected chi connectivity index (χ0v) is 8.76. The topological polar surface area (TPSA) is 169 Å². The zero-order valence-electron chi connectivity index (χ0n) is 8.76. The van der Waals surface area contributed by atoms with Crippen molar-refractivity contribution in [1.29, 1.82) is 0 Å². The number of nitrogen functional groups attached to an aromatic ring is 3. The summed E-state index contributed by atoms with van der Waals surface area (Å²) in [7, 11) is 0. The molecule has 0 aromatic carbocycles. The lowest BCUT2D eigenvalue weighted by Crippen LogP contribution is -2.06. The zero-order chi connectivity index (χ0) is 12.4. The van der Waals surface area contributed by atoms with Crippen LogP contribution in [0.4, 0.5) is 17.8 Å². The van der Waals surface area contributed by atoms with Crippen LogP contribution in [0.15, 0.2) is 0 Å². The molecule has 0 radical (unpaired) electrons. The molecule has 18 heavy (non-hydrogen) atoms. The lowest BCUT2D eigenvalue weighted by molar-refractivity contribution is 0.818. The Hall–Kier alpha value is -3.18. The van der Waals surface area contributed by atoms with E-state index < -0.39 is 0 Å². The van der Waals surface area contributed by atoms with E-state index in [0.29, 0.717) is 17.3 Å². The Kier molecular flexibility index (Phi) is 1.26. The molecule has 0 aliphatic heterocycles. The summed E-state index contributed by atoms with van der Waals surface area (Å²) in [5.41, 5.74) is 16.7. The number of nitrogens with two attached hydrogens (primary N) is 3. The van der Waals surface area contributed by atoms with E-state index in [1.54, 1.807) is 0 Å². The first-order valence-corrected chi connectivity index (χ1v) is 4.82. The molecule has 90 valence electrons. The van der Waals surface area contributed by atoms with Gasteiger partial charge >= 0.3 is 0 Å². The number of aromatic nitrogens is 9. The molecule has 12 heteroatoms. The van der Waals surface area contributed by atoms with Crippen LogP contribution >= 0.6 is 0 Å². The van der Waals surface area contributed by atoms with E-state index in [1.807, 2.05) is 0 Å². The summed E-state index contributed by atoms with van der Waals surface area (Å²) < 4.78 is 4.08. The third-order valence-corrected chi connectivity index (χ3v) is 2.39. The van der Waals surface area contributed by atoms with E-state index in [-0.39, 0.29) is 17.8 Å². The molecule has 0 fully saturated rings. The monoisotopic (exact) mass is 246 g/mol. The standard InChI is InChI=1S/C6H6N12/c7-1-10-4-16(13-1)5-11-2(8)15-18(5)6-12-3(9)14-17(4)6/h(H2,7,13)(H2,9,14)(H2,8,15). The van der Waals surface area contributed by atoms with Crippen molar-refractivity contribution < 1.29 is 0 Å². The lowest BCUT2D eigenvalue weighted by atomic mass is 10.9. The van der Waals surface area contributed by atoms with Gasteiger partial charge in [0.1, 0.15) is 0 Å². The van der Waals surface area contributed by atoms with E-state index >= 15 is 0 Å². The van der Waals surface area contributed by atoms with Crippen LogP contribution in [0, 0.1) is 0 Å². The molecule has 0 bridgehead atoms. The number of anilines is 3. The average Bonchev–Trinajstić information content (AvgIpc) is 2.93. The molecule has 0 atom stereocenters. The quantitative estimate of drug-likeness (QED) is 0.305. The number of hydrogen-bond donors (Lipinski definition) is 3. The second kappa shape index (κ2) is 2.55. The summed E-state index contributed by atoms with van der Waals surface area (Å²) in [6, 6.07) is 0. The highest BCUT2D eigenvalue weighted by molar-refractivity contribution is 5.54. The Labute approximate surface area is 97.0 Å². The smallest absolute Gasteiger partial charge is 0.261 e. The summed E-state index contributed by atoms with van der Waals surface area (Å²) in [5, 5.41) is 12.0. The fraction of sp³-hybridized carbons (Fsp3) is 0. The maximum absolute atomic E-state index is 5.56. The first-order valence-electron chi connectivity index (χ1n) is 4.82. The van der Waals surface area contributed by atoms with Gasteiger partial charge in [-0.3, -0.25) is 0 Å². The summed E-state index contributed by atoms with van der Waals surface area (Å²) in [6.45, 7) is 0. The molecule has 0 saturated carbocycles. The van der Waals surface area contributed by atoms with Crippen molar-refractivity contribution in [3.05, 3.63) is 0 Å². The predicted octanol–water partition coefficient (Wildman–Crippen LogP) is -2.44. The van der Waals surface area contributed by atoms with E-state index in [4.69, 9.17) is 17.2 Å². The van der Waals surface area contributed by atoms with Crippen LogP contribution < -0.4 is 17.2 Å². The van der Waals surface area contributed by atoms with E-state index in [9.17, 15) is 0 Å².